The van der Waals surface area contributed by atoms with Gasteiger partial charge in [0.1, 0.15) is 5.82 Å². The number of benzene rings is 1. The maximum atomic E-state index is 13.5. The number of nitrogens with one attached hydrogen (secondary N) is 1. The van der Waals surface area contributed by atoms with E-state index in [4.69, 9.17) is 28.3 Å². The first-order chi connectivity index (χ1) is 10.1. The Balaban J connectivity index is 2.76. The van der Waals surface area contributed by atoms with Crippen LogP contribution >= 0.6 is 23.2 Å². The zero-order valence-corrected chi connectivity index (χ0v) is 13.9. The summed E-state index contributed by atoms with van der Waals surface area (Å²) in [6, 6.07) is 1.39. The molecule has 2 amide bonds. The van der Waals surface area contributed by atoms with E-state index in [2.05, 4.69) is 5.32 Å². The van der Waals surface area contributed by atoms with Gasteiger partial charge in [0.15, 0.2) is 0 Å². The minimum Gasteiger partial charge on any atom is -0.481 e. The topological polar surface area (TPSA) is 69.6 Å². The summed E-state index contributed by atoms with van der Waals surface area (Å²) in [7, 11) is 1.48. The molecular weight excluding hydrogens is 334 g/mol. The average Bonchev–Trinajstić information content (AvgIpc) is 2.42. The number of carboxylic acids is 1. The third-order valence-electron chi connectivity index (χ3n) is 3.16. The maximum absolute atomic E-state index is 13.5. The SMILES string of the molecule is CC(CN(C)C(=O)NC(C)c1cc(F)c(Cl)cc1Cl)C(=O)O. The number of hydrogen-bond donors (Lipinski definition) is 2. The molecule has 2 N–H and O–H groups in total. The largest absolute Gasteiger partial charge is 0.481 e. The smallest absolute Gasteiger partial charge is 0.317 e. The summed E-state index contributed by atoms with van der Waals surface area (Å²) in [5.41, 5.74) is 0.386. The van der Waals surface area contributed by atoms with Crippen LogP contribution in [0.1, 0.15) is 25.5 Å². The third-order valence-corrected chi connectivity index (χ3v) is 3.78. The predicted molar refractivity (Wildman–Crippen MR) is 82.8 cm³/mol. The van der Waals surface area contributed by atoms with Crippen molar-refractivity contribution >= 4 is 35.2 Å². The summed E-state index contributed by atoms with van der Waals surface area (Å²) in [6.45, 7) is 3.19. The fourth-order valence-corrected chi connectivity index (χ4v) is 2.36. The van der Waals surface area contributed by atoms with Crippen LogP contribution in [0.4, 0.5) is 9.18 Å². The fourth-order valence-electron chi connectivity index (χ4n) is 1.81. The first kappa shape index (κ1) is 18.5. The summed E-state index contributed by atoms with van der Waals surface area (Å²) < 4.78 is 13.5. The van der Waals surface area contributed by atoms with E-state index < -0.39 is 29.8 Å². The van der Waals surface area contributed by atoms with Gasteiger partial charge in [0.2, 0.25) is 0 Å². The summed E-state index contributed by atoms with van der Waals surface area (Å²) in [4.78, 5) is 24.0. The zero-order valence-electron chi connectivity index (χ0n) is 12.4. The van der Waals surface area contributed by atoms with Gasteiger partial charge in [-0.05, 0) is 24.6 Å². The Labute approximate surface area is 138 Å². The van der Waals surface area contributed by atoms with Crippen LogP contribution in [0.2, 0.25) is 10.0 Å². The Kier molecular flexibility index (Phi) is 6.44. The van der Waals surface area contributed by atoms with Gasteiger partial charge >= 0.3 is 12.0 Å². The highest BCUT2D eigenvalue weighted by Gasteiger charge is 2.20. The molecule has 0 aliphatic rings. The summed E-state index contributed by atoms with van der Waals surface area (Å²) in [6.07, 6.45) is 0. The van der Waals surface area contributed by atoms with Crippen LogP contribution in [0.3, 0.4) is 0 Å². The number of amides is 2. The van der Waals surface area contributed by atoms with Gasteiger partial charge in [-0.1, -0.05) is 30.1 Å². The summed E-state index contributed by atoms with van der Waals surface area (Å²) in [5, 5.41) is 11.6. The first-order valence-electron chi connectivity index (χ1n) is 6.52. The molecule has 1 aromatic carbocycles. The van der Waals surface area contributed by atoms with Crippen LogP contribution in [-0.4, -0.2) is 35.6 Å². The Morgan fingerprint density at radius 2 is 1.91 bits per heavy atom. The van der Waals surface area contributed by atoms with Gasteiger partial charge in [-0.3, -0.25) is 4.79 Å². The van der Waals surface area contributed by atoms with Crippen molar-refractivity contribution in [2.24, 2.45) is 5.92 Å². The van der Waals surface area contributed by atoms with Gasteiger partial charge in [-0.15, -0.1) is 0 Å². The molecule has 0 heterocycles. The molecule has 0 spiro atoms. The lowest BCUT2D eigenvalue weighted by Crippen LogP contribution is -2.41. The maximum Gasteiger partial charge on any atom is 0.317 e. The molecule has 1 rings (SSSR count). The molecule has 122 valence electrons. The minimum absolute atomic E-state index is 0.0522. The Hall–Kier alpha value is -1.53. The molecular formula is C14H17Cl2FN2O3. The normalized spacial score (nSPS) is 13.4. The lowest BCUT2D eigenvalue weighted by Gasteiger charge is -2.23. The van der Waals surface area contributed by atoms with Crippen molar-refractivity contribution in [1.82, 2.24) is 10.2 Å². The van der Waals surface area contributed by atoms with Crippen molar-refractivity contribution in [3.05, 3.63) is 33.6 Å². The molecule has 2 atom stereocenters. The van der Waals surface area contributed by atoms with Gasteiger partial charge in [-0.2, -0.15) is 0 Å². The molecule has 2 unspecified atom stereocenters. The summed E-state index contributed by atoms with van der Waals surface area (Å²) >= 11 is 11.6. The van der Waals surface area contributed by atoms with Crippen LogP contribution in [0, 0.1) is 11.7 Å². The van der Waals surface area contributed by atoms with Gasteiger partial charge in [0.25, 0.3) is 0 Å². The Bertz CT molecular complexity index is 583. The van der Waals surface area contributed by atoms with Gasteiger partial charge in [-0.25, -0.2) is 9.18 Å². The number of rotatable bonds is 5. The quantitative estimate of drug-likeness (QED) is 0.797. The lowest BCUT2D eigenvalue weighted by atomic mass is 10.1. The molecule has 0 aromatic heterocycles. The van der Waals surface area contributed by atoms with Crippen LogP contribution in [0.25, 0.3) is 0 Å². The number of halogens is 3. The van der Waals surface area contributed by atoms with E-state index in [0.717, 1.165) is 6.07 Å². The number of hydrogen-bond acceptors (Lipinski definition) is 2. The highest BCUT2D eigenvalue weighted by molar-refractivity contribution is 6.35. The molecule has 0 fully saturated rings. The predicted octanol–water partition coefficient (Wildman–Crippen LogP) is 3.56. The van der Waals surface area contributed by atoms with Crippen molar-refractivity contribution in [2.75, 3.05) is 13.6 Å². The highest BCUT2D eigenvalue weighted by Crippen LogP contribution is 2.28. The van der Waals surface area contributed by atoms with E-state index in [9.17, 15) is 14.0 Å². The van der Waals surface area contributed by atoms with Crippen molar-refractivity contribution < 1.29 is 19.1 Å². The van der Waals surface area contributed by atoms with E-state index >= 15 is 0 Å². The first-order valence-corrected chi connectivity index (χ1v) is 7.28. The molecule has 0 saturated carbocycles. The molecule has 0 bridgehead atoms. The fraction of sp³-hybridized carbons (Fsp3) is 0.429. The van der Waals surface area contributed by atoms with E-state index in [0.29, 0.717) is 5.56 Å². The monoisotopic (exact) mass is 350 g/mol. The van der Waals surface area contributed by atoms with Crippen LogP contribution in [0.5, 0.6) is 0 Å². The van der Waals surface area contributed by atoms with Crippen LogP contribution in [0.15, 0.2) is 12.1 Å². The number of carbonyl (C=O) groups is 2. The Morgan fingerprint density at radius 3 is 2.45 bits per heavy atom. The highest BCUT2D eigenvalue weighted by atomic mass is 35.5. The minimum atomic E-state index is -0.990. The van der Waals surface area contributed by atoms with Crippen LogP contribution < -0.4 is 5.32 Å². The molecule has 0 saturated heterocycles. The standard InChI is InChI=1S/C14H17Cl2FN2O3/c1-7(13(20)21)6-19(3)14(22)18-8(2)9-4-12(17)11(16)5-10(9)15/h4-5,7-8H,6H2,1-3H3,(H,18,22)(H,20,21). The second-order valence-electron chi connectivity index (χ2n) is 5.08. The molecule has 0 radical (unpaired) electrons. The van der Waals surface area contributed by atoms with Gasteiger partial charge in [0, 0.05) is 18.6 Å². The second kappa shape index (κ2) is 7.65. The number of aliphatic carboxylic acids is 1. The third kappa shape index (κ3) is 4.74. The number of nitrogens with zero attached hydrogens (tertiary/aromatic N) is 1. The molecule has 8 heteroatoms. The van der Waals surface area contributed by atoms with E-state index in [1.165, 1.54) is 24.9 Å². The van der Waals surface area contributed by atoms with E-state index in [1.54, 1.807) is 6.92 Å². The molecule has 0 aliphatic carbocycles. The van der Waals surface area contributed by atoms with E-state index in [1.807, 2.05) is 0 Å². The lowest BCUT2D eigenvalue weighted by molar-refractivity contribution is -0.141. The second-order valence-corrected chi connectivity index (χ2v) is 5.89. The van der Waals surface area contributed by atoms with Crippen molar-refractivity contribution in [3.63, 3.8) is 0 Å². The Morgan fingerprint density at radius 1 is 1.32 bits per heavy atom. The molecule has 1 aromatic rings. The number of urea groups is 1. The van der Waals surface area contributed by atoms with Gasteiger partial charge in [0.05, 0.1) is 17.0 Å². The van der Waals surface area contributed by atoms with Crippen molar-refractivity contribution in [1.29, 1.82) is 0 Å². The molecule has 5 nitrogen and oxygen atoms in total. The molecule has 0 aliphatic heterocycles. The van der Waals surface area contributed by atoms with Gasteiger partial charge < -0.3 is 15.3 Å². The van der Waals surface area contributed by atoms with Crippen molar-refractivity contribution in [3.8, 4) is 0 Å². The number of carbonyl (C=O) groups excluding carboxylic acids is 1. The summed E-state index contributed by atoms with van der Waals surface area (Å²) in [5.74, 6) is -2.31. The van der Waals surface area contributed by atoms with Crippen LogP contribution in [-0.2, 0) is 4.79 Å². The van der Waals surface area contributed by atoms with E-state index in [-0.39, 0.29) is 16.6 Å². The zero-order chi connectivity index (χ0) is 17.0. The average molecular weight is 351 g/mol. The molecule has 22 heavy (non-hydrogen) atoms. The number of carboxylic acid groups (broad SMARTS) is 1. The van der Waals surface area contributed by atoms with Crippen molar-refractivity contribution in [2.45, 2.75) is 19.9 Å².